The van der Waals surface area contributed by atoms with Crippen molar-refractivity contribution in [2.45, 2.75) is 19.3 Å². The average molecular weight is 328 g/mol. The summed E-state index contributed by atoms with van der Waals surface area (Å²) in [5.41, 5.74) is 1.27. The molecule has 0 unspecified atom stereocenters. The molecular formula is C18H14ClNO3. The molecule has 5 heteroatoms. The normalized spacial score (nSPS) is 20.6. The minimum atomic E-state index is -1.28. The smallest absolute Gasteiger partial charge is 0.191 e. The standard InChI is InChI=1S/C18H14ClNO3/c1-10-13(5-6-23-10)17(21)16(9-20)18(22)15-8-14(15)11-3-2-4-12(19)7-11/h2-7,14-16H,8H2,1H3/t14-,15-,16-/m0/s1. The number of rotatable bonds is 5. The maximum atomic E-state index is 12.5. The minimum absolute atomic E-state index is 0.0373. The number of Topliss-reactive ketones (excluding diaryl/α,β-unsaturated/α-hetero) is 2. The summed E-state index contributed by atoms with van der Waals surface area (Å²) in [6.45, 7) is 1.64. The fourth-order valence-corrected chi connectivity index (χ4v) is 3.08. The van der Waals surface area contributed by atoms with Crippen molar-refractivity contribution in [1.29, 1.82) is 5.26 Å². The van der Waals surface area contributed by atoms with Crippen LogP contribution in [0.3, 0.4) is 0 Å². The Kier molecular flexibility index (Phi) is 4.06. The number of furan rings is 1. The number of benzene rings is 1. The van der Waals surface area contributed by atoms with Gasteiger partial charge in [-0.15, -0.1) is 0 Å². The number of halogens is 1. The largest absolute Gasteiger partial charge is 0.469 e. The second kappa shape index (κ2) is 6.02. The van der Waals surface area contributed by atoms with Gasteiger partial charge in [-0.2, -0.15) is 5.26 Å². The lowest BCUT2D eigenvalue weighted by Gasteiger charge is -2.07. The molecule has 4 nitrogen and oxygen atoms in total. The van der Waals surface area contributed by atoms with E-state index in [-0.39, 0.29) is 17.6 Å². The van der Waals surface area contributed by atoms with Crippen molar-refractivity contribution >= 4 is 23.2 Å². The molecule has 0 aliphatic heterocycles. The number of ketones is 2. The topological polar surface area (TPSA) is 71.1 Å². The molecule has 23 heavy (non-hydrogen) atoms. The van der Waals surface area contributed by atoms with E-state index in [1.807, 2.05) is 24.3 Å². The van der Waals surface area contributed by atoms with Crippen LogP contribution in [-0.2, 0) is 4.79 Å². The summed E-state index contributed by atoms with van der Waals surface area (Å²) in [5, 5.41) is 9.90. The molecule has 0 bridgehead atoms. The van der Waals surface area contributed by atoms with Gasteiger partial charge in [-0.3, -0.25) is 9.59 Å². The number of carbonyl (C=O) groups is 2. The molecule has 3 rings (SSSR count). The van der Waals surface area contributed by atoms with Crippen molar-refractivity contribution < 1.29 is 14.0 Å². The Bertz CT molecular complexity index is 818. The lowest BCUT2D eigenvalue weighted by Crippen LogP contribution is -2.24. The van der Waals surface area contributed by atoms with E-state index in [0.29, 0.717) is 22.8 Å². The van der Waals surface area contributed by atoms with Crippen LogP contribution in [0.15, 0.2) is 41.0 Å². The second-order valence-electron chi connectivity index (χ2n) is 5.72. The van der Waals surface area contributed by atoms with Crippen molar-refractivity contribution in [2.75, 3.05) is 0 Å². The molecule has 0 amide bonds. The highest BCUT2D eigenvalue weighted by Gasteiger charge is 2.48. The van der Waals surface area contributed by atoms with Gasteiger partial charge in [-0.05, 0) is 43.0 Å². The van der Waals surface area contributed by atoms with E-state index in [9.17, 15) is 14.9 Å². The Morgan fingerprint density at radius 1 is 1.39 bits per heavy atom. The van der Waals surface area contributed by atoms with Crippen LogP contribution in [0.5, 0.6) is 0 Å². The van der Waals surface area contributed by atoms with Crippen molar-refractivity contribution in [2.24, 2.45) is 11.8 Å². The Morgan fingerprint density at radius 2 is 2.17 bits per heavy atom. The number of nitriles is 1. The summed E-state index contributed by atoms with van der Waals surface area (Å²) in [7, 11) is 0. The monoisotopic (exact) mass is 327 g/mol. The number of hydrogen-bond acceptors (Lipinski definition) is 4. The van der Waals surface area contributed by atoms with Gasteiger partial charge in [0, 0.05) is 10.9 Å². The highest BCUT2D eigenvalue weighted by atomic mass is 35.5. The zero-order valence-electron chi connectivity index (χ0n) is 12.5. The Hall–Kier alpha value is -2.38. The summed E-state index contributed by atoms with van der Waals surface area (Å²) >= 11 is 5.97. The SMILES string of the molecule is Cc1occc1C(=O)[C@H](C#N)C(=O)[C@H]1C[C@H]1c1cccc(Cl)c1. The lowest BCUT2D eigenvalue weighted by atomic mass is 9.91. The minimum Gasteiger partial charge on any atom is -0.469 e. The third-order valence-corrected chi connectivity index (χ3v) is 4.47. The first kappa shape index (κ1) is 15.5. The molecule has 1 aliphatic carbocycles. The van der Waals surface area contributed by atoms with Crippen LogP contribution in [-0.4, -0.2) is 11.6 Å². The summed E-state index contributed by atoms with van der Waals surface area (Å²) in [4.78, 5) is 25.0. The van der Waals surface area contributed by atoms with Gasteiger partial charge in [0.1, 0.15) is 5.76 Å². The van der Waals surface area contributed by atoms with E-state index in [1.165, 1.54) is 12.3 Å². The molecule has 1 aromatic carbocycles. The predicted octanol–water partition coefficient (Wildman–Crippen LogP) is 3.94. The van der Waals surface area contributed by atoms with Crippen molar-refractivity contribution in [1.82, 2.24) is 0 Å². The van der Waals surface area contributed by atoms with Gasteiger partial charge in [0.25, 0.3) is 0 Å². The lowest BCUT2D eigenvalue weighted by molar-refractivity contribution is -0.121. The van der Waals surface area contributed by atoms with Crippen LogP contribution in [0, 0.1) is 30.1 Å². The van der Waals surface area contributed by atoms with Gasteiger partial charge in [0.15, 0.2) is 17.5 Å². The predicted molar refractivity (Wildman–Crippen MR) is 84.2 cm³/mol. The number of aryl methyl sites for hydroxylation is 1. The van der Waals surface area contributed by atoms with Gasteiger partial charge >= 0.3 is 0 Å². The molecule has 0 saturated heterocycles. The van der Waals surface area contributed by atoms with Crippen molar-refractivity contribution in [3.63, 3.8) is 0 Å². The maximum absolute atomic E-state index is 12.5. The first-order chi connectivity index (χ1) is 11.0. The van der Waals surface area contributed by atoms with Crippen LogP contribution in [0.1, 0.15) is 34.0 Å². The molecule has 0 spiro atoms. The highest BCUT2D eigenvalue weighted by molar-refractivity contribution is 6.30. The molecule has 116 valence electrons. The second-order valence-corrected chi connectivity index (χ2v) is 6.16. The molecule has 1 aromatic heterocycles. The van der Waals surface area contributed by atoms with E-state index < -0.39 is 11.7 Å². The summed E-state index contributed by atoms with van der Waals surface area (Å²) in [6.07, 6.45) is 2.03. The van der Waals surface area contributed by atoms with E-state index in [0.717, 1.165) is 5.56 Å². The summed E-state index contributed by atoms with van der Waals surface area (Å²) < 4.78 is 5.08. The molecule has 1 aliphatic rings. The van der Waals surface area contributed by atoms with Crippen LogP contribution >= 0.6 is 11.6 Å². The Morgan fingerprint density at radius 3 is 2.78 bits per heavy atom. The van der Waals surface area contributed by atoms with E-state index in [1.54, 1.807) is 13.0 Å². The third-order valence-electron chi connectivity index (χ3n) is 4.23. The quantitative estimate of drug-likeness (QED) is 0.616. The van der Waals surface area contributed by atoms with E-state index >= 15 is 0 Å². The van der Waals surface area contributed by atoms with E-state index in [2.05, 4.69) is 0 Å². The highest BCUT2D eigenvalue weighted by Crippen LogP contribution is 2.49. The molecule has 3 atom stereocenters. The van der Waals surface area contributed by atoms with Crippen LogP contribution in [0.4, 0.5) is 0 Å². The summed E-state index contributed by atoms with van der Waals surface area (Å²) in [6, 6.07) is 10.7. The van der Waals surface area contributed by atoms with Gasteiger partial charge in [0.2, 0.25) is 0 Å². The first-order valence-electron chi connectivity index (χ1n) is 7.30. The van der Waals surface area contributed by atoms with Crippen LogP contribution < -0.4 is 0 Å². The average Bonchev–Trinajstić information content (AvgIpc) is 3.22. The zero-order chi connectivity index (χ0) is 16.6. The number of carbonyl (C=O) groups excluding carboxylic acids is 2. The van der Waals surface area contributed by atoms with Crippen LogP contribution in [0.25, 0.3) is 0 Å². The molecule has 1 saturated carbocycles. The Balaban J connectivity index is 1.76. The van der Waals surface area contributed by atoms with Gasteiger partial charge in [0.05, 0.1) is 17.9 Å². The molecule has 0 radical (unpaired) electrons. The van der Waals surface area contributed by atoms with Gasteiger partial charge < -0.3 is 4.42 Å². The maximum Gasteiger partial charge on any atom is 0.191 e. The number of nitrogens with zero attached hydrogens (tertiary/aromatic N) is 1. The molecule has 0 N–H and O–H groups in total. The molecular weight excluding hydrogens is 314 g/mol. The number of hydrogen-bond donors (Lipinski definition) is 0. The molecule has 2 aromatic rings. The summed E-state index contributed by atoms with van der Waals surface area (Å²) in [5.74, 6) is -1.92. The Labute approximate surface area is 138 Å². The molecule has 1 fully saturated rings. The van der Waals surface area contributed by atoms with Gasteiger partial charge in [-0.25, -0.2) is 0 Å². The fourth-order valence-electron chi connectivity index (χ4n) is 2.88. The van der Waals surface area contributed by atoms with Crippen LogP contribution in [0.2, 0.25) is 5.02 Å². The third kappa shape index (κ3) is 2.93. The van der Waals surface area contributed by atoms with E-state index in [4.69, 9.17) is 16.0 Å². The van der Waals surface area contributed by atoms with Gasteiger partial charge in [-0.1, -0.05) is 23.7 Å². The van der Waals surface area contributed by atoms with Crippen molar-refractivity contribution in [3.05, 3.63) is 58.5 Å². The fraction of sp³-hybridized carbons (Fsp3) is 0.278. The van der Waals surface area contributed by atoms with Crippen molar-refractivity contribution in [3.8, 4) is 6.07 Å². The zero-order valence-corrected chi connectivity index (χ0v) is 13.2. The first-order valence-corrected chi connectivity index (χ1v) is 7.68. The molecule has 1 heterocycles.